The van der Waals surface area contributed by atoms with E-state index < -0.39 is 0 Å². The van der Waals surface area contributed by atoms with Crippen LogP contribution in [-0.4, -0.2) is 46.1 Å². The Kier molecular flexibility index (Phi) is 16.5. The molecule has 8 aliphatic carbocycles. The fourth-order valence-corrected chi connectivity index (χ4v) is 14.5. The summed E-state index contributed by atoms with van der Waals surface area (Å²) in [7, 11) is 0. The topological polar surface area (TPSA) is 6.48 Å². The summed E-state index contributed by atoms with van der Waals surface area (Å²) in [6.07, 6.45) is 69.1. The first-order valence-corrected chi connectivity index (χ1v) is 26.3. The van der Waals surface area contributed by atoms with Gasteiger partial charge >= 0.3 is 0 Å². The lowest BCUT2D eigenvalue weighted by molar-refractivity contribution is 0.0136. The first kappa shape index (κ1) is 41.9. The van der Waals surface area contributed by atoms with E-state index in [1.54, 1.807) is 0 Å². The first-order chi connectivity index (χ1) is 27.7. The molecule has 0 heterocycles. The van der Waals surface area contributed by atoms with Crippen LogP contribution in [0.3, 0.4) is 0 Å². The Morgan fingerprint density at radius 1 is 0.179 bits per heavy atom. The van der Waals surface area contributed by atoms with Crippen LogP contribution in [0.1, 0.15) is 231 Å². The van der Waals surface area contributed by atoms with Crippen LogP contribution in [0.5, 0.6) is 0 Å². The van der Waals surface area contributed by atoms with Gasteiger partial charge in [-0.05, 0) is 190 Å². The van der Waals surface area contributed by atoms with Gasteiger partial charge in [-0.15, -0.1) is 0 Å². The molecule has 8 saturated carbocycles. The number of nitrogens with zero attached hydrogens (tertiary/aromatic N) is 2. The van der Waals surface area contributed by atoms with E-state index in [0.29, 0.717) is 0 Å². The van der Waals surface area contributed by atoms with Crippen LogP contribution in [0, 0.1) is 35.5 Å². The van der Waals surface area contributed by atoms with Gasteiger partial charge in [0.05, 0.1) is 0 Å². The van der Waals surface area contributed by atoms with Gasteiger partial charge in [0, 0.05) is 36.3 Å². The molecule has 8 aliphatic rings. The van der Waals surface area contributed by atoms with Crippen LogP contribution < -0.4 is 0 Å². The quantitative estimate of drug-likeness (QED) is 0.183. The predicted molar refractivity (Wildman–Crippen MR) is 241 cm³/mol. The minimum atomic E-state index is 0.846. The van der Waals surface area contributed by atoms with Gasteiger partial charge in [0.25, 0.3) is 0 Å². The monoisotopic (exact) mass is 767 g/mol. The number of hydrogen-bond donors (Lipinski definition) is 0. The lowest BCUT2D eigenvalue weighted by atomic mass is 9.77. The zero-order valence-electron chi connectivity index (χ0n) is 36.7. The summed E-state index contributed by atoms with van der Waals surface area (Å²) in [5, 5.41) is 0. The molecular formula is C54H90N2. The van der Waals surface area contributed by atoms with Gasteiger partial charge in [0.1, 0.15) is 0 Å². The molecule has 2 nitrogen and oxygen atoms in total. The Morgan fingerprint density at radius 3 is 0.589 bits per heavy atom. The molecule has 56 heavy (non-hydrogen) atoms. The standard InChI is InChI=1S/C54H90N2/c1-5-13-43(14-6-1)21-23-45-27-35-51(36-28-45)55(49-17-9-3-10-18-49)53-39-31-47(32-40-53)25-26-48-33-41-54(42-34-48)56(50-19-11-4-12-20-50)52-37-29-46(30-38-52)24-22-44-15-7-2-8-16-44/h21-26,43-54H,1-20,27-42H2/b23-21+,24-22+,26-25+. The third kappa shape index (κ3) is 11.9. The third-order valence-corrected chi connectivity index (χ3v) is 17.9. The normalized spacial score (nSPS) is 37.4. The lowest BCUT2D eigenvalue weighted by Crippen LogP contribution is -2.52. The lowest BCUT2D eigenvalue weighted by Gasteiger charge is -2.49. The predicted octanol–water partition coefficient (Wildman–Crippen LogP) is 15.3. The average molecular weight is 767 g/mol. The molecule has 0 saturated heterocycles. The van der Waals surface area contributed by atoms with Crippen molar-refractivity contribution in [1.29, 1.82) is 0 Å². The summed E-state index contributed by atoms with van der Waals surface area (Å²) in [5.41, 5.74) is 0. The van der Waals surface area contributed by atoms with Gasteiger partial charge in [-0.3, -0.25) is 9.80 Å². The fraction of sp³-hybridized carbons (Fsp3) is 0.889. The highest BCUT2D eigenvalue weighted by Crippen LogP contribution is 2.42. The molecule has 0 bridgehead atoms. The van der Waals surface area contributed by atoms with Gasteiger partial charge in [-0.25, -0.2) is 0 Å². The number of allylic oxidation sites excluding steroid dienone is 6. The van der Waals surface area contributed by atoms with Gasteiger partial charge in [-0.1, -0.05) is 114 Å². The Labute approximate surface area is 347 Å². The molecule has 0 aliphatic heterocycles. The van der Waals surface area contributed by atoms with Crippen molar-refractivity contribution in [2.24, 2.45) is 35.5 Å². The molecule has 316 valence electrons. The summed E-state index contributed by atoms with van der Waals surface area (Å²) < 4.78 is 0. The van der Waals surface area contributed by atoms with Crippen LogP contribution >= 0.6 is 0 Å². The number of rotatable bonds is 12. The summed E-state index contributed by atoms with van der Waals surface area (Å²) in [4.78, 5) is 6.42. The zero-order chi connectivity index (χ0) is 37.8. The minimum absolute atomic E-state index is 0.846. The first-order valence-electron chi connectivity index (χ1n) is 26.3. The summed E-state index contributed by atoms with van der Waals surface area (Å²) in [6, 6.07) is 5.26. The molecular weight excluding hydrogens is 677 g/mol. The molecule has 0 aromatic rings. The maximum atomic E-state index is 3.21. The Morgan fingerprint density at radius 2 is 0.357 bits per heavy atom. The van der Waals surface area contributed by atoms with Crippen LogP contribution in [-0.2, 0) is 0 Å². The third-order valence-electron chi connectivity index (χ3n) is 17.9. The van der Waals surface area contributed by atoms with Crippen molar-refractivity contribution in [2.45, 2.75) is 267 Å². The zero-order valence-corrected chi connectivity index (χ0v) is 36.7. The second-order valence-corrected chi connectivity index (χ2v) is 21.7. The SMILES string of the molecule is C(=C\C1CCC(N(C2CCCCC2)C2CCC(/C=C/C3CCC(N(C4CCCCC4)C4CCC(/C=C/C5CCCCC5)CC4)CC3)CC2)CC1)/C1CCCCC1. The molecule has 0 radical (unpaired) electrons. The van der Waals surface area contributed by atoms with Crippen molar-refractivity contribution in [1.82, 2.24) is 9.80 Å². The van der Waals surface area contributed by atoms with Crippen molar-refractivity contribution >= 4 is 0 Å². The molecule has 0 amide bonds. The van der Waals surface area contributed by atoms with Crippen LogP contribution in [0.15, 0.2) is 36.5 Å². The smallest absolute Gasteiger partial charge is 0.0102 e. The molecule has 2 heteroatoms. The van der Waals surface area contributed by atoms with Crippen molar-refractivity contribution in [3.05, 3.63) is 36.5 Å². The fourth-order valence-electron chi connectivity index (χ4n) is 14.5. The highest BCUT2D eigenvalue weighted by molar-refractivity contribution is 5.03. The average Bonchev–Trinajstić information content (AvgIpc) is 3.28. The van der Waals surface area contributed by atoms with Crippen molar-refractivity contribution < 1.29 is 0 Å². The summed E-state index contributed by atoms with van der Waals surface area (Å²) >= 11 is 0. The Bertz CT molecular complexity index is 1070. The van der Waals surface area contributed by atoms with E-state index in [0.717, 1.165) is 71.8 Å². The molecule has 0 aromatic heterocycles. The maximum absolute atomic E-state index is 3.21. The summed E-state index contributed by atoms with van der Waals surface area (Å²) in [5.74, 6) is 5.22. The minimum Gasteiger partial charge on any atom is -0.294 e. The molecule has 0 aromatic carbocycles. The van der Waals surface area contributed by atoms with E-state index in [9.17, 15) is 0 Å². The van der Waals surface area contributed by atoms with Gasteiger partial charge in [-0.2, -0.15) is 0 Å². The van der Waals surface area contributed by atoms with E-state index in [1.165, 1.54) is 231 Å². The second kappa shape index (κ2) is 22.1. The largest absolute Gasteiger partial charge is 0.294 e. The van der Waals surface area contributed by atoms with Crippen LogP contribution in [0.2, 0.25) is 0 Å². The van der Waals surface area contributed by atoms with Crippen LogP contribution in [0.25, 0.3) is 0 Å². The van der Waals surface area contributed by atoms with E-state index in [4.69, 9.17) is 0 Å². The van der Waals surface area contributed by atoms with Crippen molar-refractivity contribution in [2.75, 3.05) is 0 Å². The summed E-state index contributed by atoms with van der Waals surface area (Å²) in [6.45, 7) is 0. The van der Waals surface area contributed by atoms with Crippen molar-refractivity contribution in [3.63, 3.8) is 0 Å². The Hall–Kier alpha value is -0.860. The molecule has 8 rings (SSSR count). The molecule has 0 spiro atoms. The van der Waals surface area contributed by atoms with E-state index in [2.05, 4.69) is 46.3 Å². The Balaban J connectivity index is 0.794. The second-order valence-electron chi connectivity index (χ2n) is 21.7. The van der Waals surface area contributed by atoms with E-state index in [-0.39, 0.29) is 0 Å². The van der Waals surface area contributed by atoms with Crippen LogP contribution in [0.4, 0.5) is 0 Å². The highest BCUT2D eigenvalue weighted by atomic mass is 15.2. The molecule has 0 N–H and O–H groups in total. The molecule has 0 atom stereocenters. The van der Waals surface area contributed by atoms with Gasteiger partial charge in [0.15, 0.2) is 0 Å². The maximum Gasteiger partial charge on any atom is 0.0102 e. The van der Waals surface area contributed by atoms with Gasteiger partial charge < -0.3 is 0 Å². The van der Waals surface area contributed by atoms with Crippen molar-refractivity contribution in [3.8, 4) is 0 Å². The van der Waals surface area contributed by atoms with Gasteiger partial charge in [0.2, 0.25) is 0 Å². The highest BCUT2D eigenvalue weighted by Gasteiger charge is 2.39. The number of hydrogen-bond acceptors (Lipinski definition) is 2. The van der Waals surface area contributed by atoms with E-state index >= 15 is 0 Å². The molecule has 0 unspecified atom stereocenters. The van der Waals surface area contributed by atoms with E-state index in [1.807, 2.05) is 0 Å². The molecule has 8 fully saturated rings.